The third-order valence-corrected chi connectivity index (χ3v) is 5.66. The largest absolute Gasteiger partial charge is 0.388 e. The highest BCUT2D eigenvalue weighted by atomic mass is 32.2. The SMILES string of the molecule is CCN(CCC(=N)N)S(=O)(=O)c1ccc2c(c1)CCC2. The summed E-state index contributed by atoms with van der Waals surface area (Å²) in [5.74, 6) is 0.00704. The summed E-state index contributed by atoms with van der Waals surface area (Å²) in [5.41, 5.74) is 7.72. The Labute approximate surface area is 120 Å². The van der Waals surface area contributed by atoms with Crippen molar-refractivity contribution in [3.05, 3.63) is 29.3 Å². The van der Waals surface area contributed by atoms with Crippen LogP contribution in [-0.4, -0.2) is 31.6 Å². The van der Waals surface area contributed by atoms with Crippen molar-refractivity contribution in [1.82, 2.24) is 4.31 Å². The smallest absolute Gasteiger partial charge is 0.243 e. The fourth-order valence-corrected chi connectivity index (χ4v) is 4.05. The van der Waals surface area contributed by atoms with Crippen LogP contribution in [0.15, 0.2) is 23.1 Å². The average Bonchev–Trinajstić information content (AvgIpc) is 2.85. The molecule has 2 rings (SSSR count). The Morgan fingerprint density at radius 1 is 1.35 bits per heavy atom. The molecule has 20 heavy (non-hydrogen) atoms. The first-order valence-electron chi connectivity index (χ1n) is 6.90. The third kappa shape index (κ3) is 3.02. The van der Waals surface area contributed by atoms with E-state index in [-0.39, 0.29) is 18.8 Å². The first-order valence-corrected chi connectivity index (χ1v) is 8.34. The summed E-state index contributed by atoms with van der Waals surface area (Å²) in [7, 11) is -3.49. The molecule has 0 radical (unpaired) electrons. The number of fused-ring (bicyclic) bond motifs is 1. The fourth-order valence-electron chi connectivity index (χ4n) is 2.55. The zero-order valence-corrected chi connectivity index (χ0v) is 12.5. The predicted octanol–water partition coefficient (Wildman–Crippen LogP) is 1.51. The molecule has 110 valence electrons. The highest BCUT2D eigenvalue weighted by Gasteiger charge is 2.24. The van der Waals surface area contributed by atoms with Crippen LogP contribution in [0.5, 0.6) is 0 Å². The van der Waals surface area contributed by atoms with Crippen LogP contribution in [0, 0.1) is 5.41 Å². The van der Waals surface area contributed by atoms with Crippen molar-refractivity contribution < 1.29 is 8.42 Å². The number of sulfonamides is 1. The highest BCUT2D eigenvalue weighted by Crippen LogP contribution is 2.26. The molecule has 0 aliphatic heterocycles. The molecule has 0 aromatic heterocycles. The predicted molar refractivity (Wildman–Crippen MR) is 79.4 cm³/mol. The fraction of sp³-hybridized carbons (Fsp3) is 0.500. The lowest BCUT2D eigenvalue weighted by Crippen LogP contribution is -2.33. The van der Waals surface area contributed by atoms with E-state index in [0.717, 1.165) is 24.8 Å². The standard InChI is InChI=1S/C14H21N3O2S/c1-2-17(9-8-14(15)16)20(18,19)13-7-6-11-4-3-5-12(11)10-13/h6-7,10H,2-5,8-9H2,1H3,(H3,15,16). The van der Waals surface area contributed by atoms with Crippen LogP contribution in [0.25, 0.3) is 0 Å². The number of hydrogen-bond acceptors (Lipinski definition) is 3. The van der Waals surface area contributed by atoms with Crippen LogP contribution < -0.4 is 5.73 Å². The summed E-state index contributed by atoms with van der Waals surface area (Å²) in [5, 5.41) is 7.23. The van der Waals surface area contributed by atoms with Crippen LogP contribution in [0.2, 0.25) is 0 Å². The lowest BCUT2D eigenvalue weighted by molar-refractivity contribution is 0.436. The molecule has 1 aromatic rings. The summed E-state index contributed by atoms with van der Waals surface area (Å²) in [6.07, 6.45) is 3.36. The molecule has 0 bridgehead atoms. The minimum absolute atomic E-state index is 0.00704. The molecule has 0 heterocycles. The molecule has 0 saturated heterocycles. The van der Waals surface area contributed by atoms with Gasteiger partial charge in [0.25, 0.3) is 0 Å². The molecule has 3 N–H and O–H groups in total. The Bertz CT molecular complexity index is 611. The van der Waals surface area contributed by atoms with Crippen molar-refractivity contribution in [2.24, 2.45) is 5.73 Å². The van der Waals surface area contributed by atoms with Gasteiger partial charge in [0.15, 0.2) is 0 Å². The van der Waals surface area contributed by atoms with E-state index >= 15 is 0 Å². The summed E-state index contributed by atoms with van der Waals surface area (Å²) in [6.45, 7) is 2.43. The van der Waals surface area contributed by atoms with Crippen molar-refractivity contribution in [1.29, 1.82) is 5.41 Å². The van der Waals surface area contributed by atoms with Crippen molar-refractivity contribution in [2.45, 2.75) is 37.5 Å². The Morgan fingerprint density at radius 2 is 2.05 bits per heavy atom. The van der Waals surface area contributed by atoms with Crippen LogP contribution in [-0.2, 0) is 22.9 Å². The van der Waals surface area contributed by atoms with Gasteiger partial charge in [0.05, 0.1) is 10.7 Å². The molecule has 1 aromatic carbocycles. The molecule has 0 unspecified atom stereocenters. The molecule has 0 atom stereocenters. The molecule has 0 amide bonds. The Kier molecular flexibility index (Phi) is 4.45. The maximum absolute atomic E-state index is 12.6. The number of benzene rings is 1. The second kappa shape index (κ2) is 5.93. The number of amidine groups is 1. The van der Waals surface area contributed by atoms with Gasteiger partial charge in [-0.2, -0.15) is 4.31 Å². The van der Waals surface area contributed by atoms with Gasteiger partial charge in [0, 0.05) is 19.5 Å². The highest BCUT2D eigenvalue weighted by molar-refractivity contribution is 7.89. The molecule has 1 aliphatic carbocycles. The zero-order chi connectivity index (χ0) is 14.8. The monoisotopic (exact) mass is 295 g/mol. The minimum atomic E-state index is -3.49. The lowest BCUT2D eigenvalue weighted by atomic mass is 10.1. The summed E-state index contributed by atoms with van der Waals surface area (Å²) in [6, 6.07) is 5.41. The van der Waals surface area contributed by atoms with E-state index in [1.807, 2.05) is 6.07 Å². The van der Waals surface area contributed by atoms with Gasteiger partial charge in [0.2, 0.25) is 10.0 Å². The molecule has 0 spiro atoms. The van der Waals surface area contributed by atoms with Gasteiger partial charge >= 0.3 is 0 Å². The van der Waals surface area contributed by atoms with Crippen LogP contribution in [0.4, 0.5) is 0 Å². The number of aryl methyl sites for hydroxylation is 2. The Hall–Kier alpha value is -1.40. The van der Waals surface area contributed by atoms with Crippen LogP contribution in [0.3, 0.4) is 0 Å². The number of rotatable bonds is 6. The number of hydrogen-bond donors (Lipinski definition) is 2. The van der Waals surface area contributed by atoms with Gasteiger partial charge in [0.1, 0.15) is 0 Å². The molecule has 6 heteroatoms. The van der Waals surface area contributed by atoms with Gasteiger partial charge in [-0.3, -0.25) is 5.41 Å². The first-order chi connectivity index (χ1) is 9.45. The molecule has 1 aliphatic rings. The number of nitrogens with two attached hydrogens (primary N) is 1. The molecule has 0 fully saturated rings. The topological polar surface area (TPSA) is 87.2 Å². The molecule has 5 nitrogen and oxygen atoms in total. The summed E-state index contributed by atoms with van der Waals surface area (Å²) >= 11 is 0. The number of nitrogens with zero attached hydrogens (tertiary/aromatic N) is 1. The van der Waals surface area contributed by atoms with Crippen LogP contribution >= 0.6 is 0 Å². The molecule has 0 saturated carbocycles. The minimum Gasteiger partial charge on any atom is -0.388 e. The van der Waals surface area contributed by atoms with Gasteiger partial charge in [-0.15, -0.1) is 0 Å². The summed E-state index contributed by atoms with van der Waals surface area (Å²) in [4.78, 5) is 0.351. The Balaban J connectivity index is 2.26. The van der Waals surface area contributed by atoms with Gasteiger partial charge in [-0.25, -0.2) is 8.42 Å². The average molecular weight is 295 g/mol. The Morgan fingerprint density at radius 3 is 2.70 bits per heavy atom. The van der Waals surface area contributed by atoms with Gasteiger partial charge in [-0.05, 0) is 42.5 Å². The van der Waals surface area contributed by atoms with Crippen molar-refractivity contribution in [2.75, 3.05) is 13.1 Å². The van der Waals surface area contributed by atoms with E-state index < -0.39 is 10.0 Å². The van der Waals surface area contributed by atoms with Crippen LogP contribution in [0.1, 0.15) is 30.9 Å². The van der Waals surface area contributed by atoms with E-state index in [0.29, 0.717) is 11.4 Å². The maximum Gasteiger partial charge on any atom is 0.243 e. The summed E-state index contributed by atoms with van der Waals surface area (Å²) < 4.78 is 26.6. The first kappa shape index (κ1) is 15.0. The maximum atomic E-state index is 12.6. The van der Waals surface area contributed by atoms with E-state index in [2.05, 4.69) is 0 Å². The molecular weight excluding hydrogens is 274 g/mol. The van der Waals surface area contributed by atoms with E-state index in [1.165, 1.54) is 9.87 Å². The van der Waals surface area contributed by atoms with E-state index in [4.69, 9.17) is 11.1 Å². The quantitative estimate of drug-likeness (QED) is 0.616. The lowest BCUT2D eigenvalue weighted by Gasteiger charge is -2.20. The van der Waals surface area contributed by atoms with Crippen molar-refractivity contribution >= 4 is 15.9 Å². The van der Waals surface area contributed by atoms with Gasteiger partial charge < -0.3 is 5.73 Å². The second-order valence-electron chi connectivity index (χ2n) is 5.06. The van der Waals surface area contributed by atoms with Gasteiger partial charge in [-0.1, -0.05) is 13.0 Å². The van der Waals surface area contributed by atoms with Crippen molar-refractivity contribution in [3.63, 3.8) is 0 Å². The normalized spacial score (nSPS) is 14.5. The molecular formula is C14H21N3O2S. The second-order valence-corrected chi connectivity index (χ2v) is 6.99. The zero-order valence-electron chi connectivity index (χ0n) is 11.7. The van der Waals surface area contributed by atoms with Crippen molar-refractivity contribution in [3.8, 4) is 0 Å². The van der Waals surface area contributed by atoms with E-state index in [9.17, 15) is 8.42 Å². The third-order valence-electron chi connectivity index (χ3n) is 3.69. The number of nitrogens with one attached hydrogen (secondary N) is 1. The van der Waals surface area contributed by atoms with E-state index in [1.54, 1.807) is 19.1 Å².